The van der Waals surface area contributed by atoms with Crippen molar-refractivity contribution < 1.29 is 13.9 Å². The molecule has 1 unspecified atom stereocenters. The minimum atomic E-state index is -0.222. The standard InChI is InChI=1S/C23H31FN4O2.HI/c1-25-23(26-15-18-4-3-5-19(14-18)17-29-2)27-16-22(28-10-12-30-13-11-28)20-6-8-21(24)9-7-20;/h3-9,14,22H,10-13,15-17H2,1-2H3,(H2,25,26,27);1H. The highest BCUT2D eigenvalue weighted by Gasteiger charge is 2.23. The van der Waals surface area contributed by atoms with E-state index >= 15 is 0 Å². The molecule has 1 aliphatic rings. The predicted octanol–water partition coefficient (Wildman–Crippen LogP) is 3.33. The van der Waals surface area contributed by atoms with Crippen LogP contribution in [0.25, 0.3) is 0 Å². The maximum Gasteiger partial charge on any atom is 0.191 e. The van der Waals surface area contributed by atoms with Crippen LogP contribution in [0.3, 0.4) is 0 Å². The molecule has 1 fully saturated rings. The van der Waals surface area contributed by atoms with Crippen LogP contribution in [0.15, 0.2) is 53.5 Å². The fraction of sp³-hybridized carbons (Fsp3) is 0.435. The fourth-order valence-electron chi connectivity index (χ4n) is 3.63. The molecule has 2 N–H and O–H groups in total. The molecule has 8 heteroatoms. The Labute approximate surface area is 201 Å². The van der Waals surface area contributed by atoms with Crippen LogP contribution in [0.1, 0.15) is 22.7 Å². The van der Waals surface area contributed by atoms with Crippen LogP contribution in [0.5, 0.6) is 0 Å². The Morgan fingerprint density at radius 1 is 1.13 bits per heavy atom. The number of ether oxygens (including phenoxy) is 2. The smallest absolute Gasteiger partial charge is 0.191 e. The van der Waals surface area contributed by atoms with E-state index in [0.717, 1.165) is 35.7 Å². The molecule has 2 aromatic rings. The molecule has 0 aromatic heterocycles. The molecule has 0 radical (unpaired) electrons. The number of hydrogen-bond acceptors (Lipinski definition) is 4. The van der Waals surface area contributed by atoms with Gasteiger partial charge in [-0.15, -0.1) is 24.0 Å². The number of guanidine groups is 1. The maximum atomic E-state index is 13.4. The molecule has 0 spiro atoms. The van der Waals surface area contributed by atoms with Crippen LogP contribution < -0.4 is 10.6 Å². The van der Waals surface area contributed by atoms with Gasteiger partial charge >= 0.3 is 0 Å². The van der Waals surface area contributed by atoms with Gasteiger partial charge in [0.15, 0.2) is 5.96 Å². The third-order valence-corrected chi connectivity index (χ3v) is 5.19. The van der Waals surface area contributed by atoms with Crippen molar-refractivity contribution in [1.29, 1.82) is 0 Å². The van der Waals surface area contributed by atoms with Crippen LogP contribution in [0.4, 0.5) is 4.39 Å². The Morgan fingerprint density at radius 2 is 1.84 bits per heavy atom. The second-order valence-corrected chi connectivity index (χ2v) is 7.28. The normalized spacial score (nSPS) is 15.8. The molecule has 6 nitrogen and oxygen atoms in total. The van der Waals surface area contributed by atoms with Crippen molar-refractivity contribution in [3.8, 4) is 0 Å². The van der Waals surface area contributed by atoms with Crippen molar-refractivity contribution in [2.45, 2.75) is 19.2 Å². The summed E-state index contributed by atoms with van der Waals surface area (Å²) < 4.78 is 24.1. The van der Waals surface area contributed by atoms with E-state index in [0.29, 0.717) is 32.9 Å². The van der Waals surface area contributed by atoms with E-state index in [-0.39, 0.29) is 35.8 Å². The molecule has 0 amide bonds. The van der Waals surface area contributed by atoms with Gasteiger partial charge in [-0.05, 0) is 28.8 Å². The Kier molecular flexibility index (Phi) is 11.2. The Hall–Kier alpha value is -1.75. The average Bonchev–Trinajstić information content (AvgIpc) is 2.78. The number of benzene rings is 2. The molecule has 0 bridgehead atoms. The van der Waals surface area contributed by atoms with Gasteiger partial charge in [-0.3, -0.25) is 9.89 Å². The van der Waals surface area contributed by atoms with Crippen LogP contribution >= 0.6 is 24.0 Å². The summed E-state index contributed by atoms with van der Waals surface area (Å²) in [6, 6.07) is 15.1. The SMILES string of the molecule is CN=C(NCc1cccc(COC)c1)NCC(c1ccc(F)cc1)N1CCOCC1.I. The van der Waals surface area contributed by atoms with E-state index in [1.54, 1.807) is 14.2 Å². The second kappa shape index (κ2) is 13.6. The van der Waals surface area contributed by atoms with Gasteiger partial charge in [0, 0.05) is 40.3 Å². The van der Waals surface area contributed by atoms with E-state index in [4.69, 9.17) is 9.47 Å². The zero-order valence-electron chi connectivity index (χ0n) is 18.1. The van der Waals surface area contributed by atoms with Gasteiger partial charge in [0.2, 0.25) is 0 Å². The summed E-state index contributed by atoms with van der Waals surface area (Å²) in [6.07, 6.45) is 0. The summed E-state index contributed by atoms with van der Waals surface area (Å²) in [4.78, 5) is 6.72. The summed E-state index contributed by atoms with van der Waals surface area (Å²) in [5.74, 6) is 0.508. The van der Waals surface area contributed by atoms with Gasteiger partial charge < -0.3 is 20.1 Å². The van der Waals surface area contributed by atoms with Crippen molar-refractivity contribution in [2.75, 3.05) is 47.0 Å². The number of aliphatic imine (C=N–C) groups is 1. The first-order valence-corrected chi connectivity index (χ1v) is 10.3. The van der Waals surface area contributed by atoms with Gasteiger partial charge in [-0.1, -0.05) is 36.4 Å². The molecule has 0 aliphatic carbocycles. The van der Waals surface area contributed by atoms with Gasteiger partial charge in [0.05, 0.1) is 25.9 Å². The lowest BCUT2D eigenvalue weighted by molar-refractivity contribution is 0.0170. The topological polar surface area (TPSA) is 58.1 Å². The summed E-state index contributed by atoms with van der Waals surface area (Å²) >= 11 is 0. The Bertz CT molecular complexity index is 813. The number of methoxy groups -OCH3 is 1. The number of nitrogens with one attached hydrogen (secondary N) is 2. The lowest BCUT2D eigenvalue weighted by atomic mass is 10.0. The van der Waals surface area contributed by atoms with Crippen molar-refractivity contribution in [3.63, 3.8) is 0 Å². The molecule has 1 heterocycles. The third kappa shape index (κ3) is 8.03. The number of halogens is 2. The fourth-order valence-corrected chi connectivity index (χ4v) is 3.63. The Balaban J connectivity index is 0.00000341. The highest BCUT2D eigenvalue weighted by atomic mass is 127. The quantitative estimate of drug-likeness (QED) is 0.305. The zero-order chi connectivity index (χ0) is 21.2. The van der Waals surface area contributed by atoms with Gasteiger partial charge in [-0.2, -0.15) is 0 Å². The second-order valence-electron chi connectivity index (χ2n) is 7.28. The van der Waals surface area contributed by atoms with Gasteiger partial charge in [-0.25, -0.2) is 4.39 Å². The molecule has 31 heavy (non-hydrogen) atoms. The monoisotopic (exact) mass is 542 g/mol. The van der Waals surface area contributed by atoms with Crippen LogP contribution in [-0.4, -0.2) is 57.9 Å². The summed E-state index contributed by atoms with van der Waals surface area (Å²) in [6.45, 7) is 5.04. The van der Waals surface area contributed by atoms with Crippen molar-refractivity contribution >= 4 is 29.9 Å². The number of hydrogen-bond donors (Lipinski definition) is 2. The van der Waals surface area contributed by atoms with E-state index in [1.807, 2.05) is 18.2 Å². The highest BCUT2D eigenvalue weighted by Crippen LogP contribution is 2.21. The molecule has 2 aromatic carbocycles. The molecular weight excluding hydrogens is 510 g/mol. The van der Waals surface area contributed by atoms with E-state index in [9.17, 15) is 4.39 Å². The molecule has 1 saturated heterocycles. The first-order chi connectivity index (χ1) is 14.7. The molecule has 170 valence electrons. The van der Waals surface area contributed by atoms with Gasteiger partial charge in [0.25, 0.3) is 0 Å². The molecule has 0 saturated carbocycles. The number of rotatable bonds is 8. The lowest BCUT2D eigenvalue weighted by Crippen LogP contribution is -2.46. The minimum absolute atomic E-state index is 0. The molecule has 3 rings (SSSR count). The molecule has 1 atom stereocenters. The van der Waals surface area contributed by atoms with Crippen LogP contribution in [-0.2, 0) is 22.6 Å². The number of nitrogens with zero attached hydrogens (tertiary/aromatic N) is 2. The first kappa shape index (κ1) is 25.5. The van der Waals surface area contributed by atoms with Crippen molar-refractivity contribution in [3.05, 3.63) is 71.0 Å². The van der Waals surface area contributed by atoms with Crippen LogP contribution in [0.2, 0.25) is 0 Å². The van der Waals surface area contributed by atoms with E-state index in [2.05, 4.69) is 38.7 Å². The molecular formula is C23H32FIN4O2. The predicted molar refractivity (Wildman–Crippen MR) is 132 cm³/mol. The van der Waals surface area contributed by atoms with Crippen molar-refractivity contribution in [2.24, 2.45) is 4.99 Å². The minimum Gasteiger partial charge on any atom is -0.380 e. The largest absolute Gasteiger partial charge is 0.380 e. The summed E-state index contributed by atoms with van der Waals surface area (Å²) in [5, 5.41) is 6.80. The summed E-state index contributed by atoms with van der Waals surface area (Å²) in [5.41, 5.74) is 3.38. The number of morpholine rings is 1. The maximum absolute atomic E-state index is 13.4. The third-order valence-electron chi connectivity index (χ3n) is 5.19. The van der Waals surface area contributed by atoms with Gasteiger partial charge in [0.1, 0.15) is 5.82 Å². The van der Waals surface area contributed by atoms with E-state index in [1.165, 1.54) is 12.1 Å². The zero-order valence-corrected chi connectivity index (χ0v) is 20.5. The van der Waals surface area contributed by atoms with E-state index < -0.39 is 0 Å². The Morgan fingerprint density at radius 3 is 2.52 bits per heavy atom. The summed E-state index contributed by atoms with van der Waals surface area (Å²) in [7, 11) is 3.46. The van der Waals surface area contributed by atoms with Crippen molar-refractivity contribution in [1.82, 2.24) is 15.5 Å². The highest BCUT2D eigenvalue weighted by molar-refractivity contribution is 14.0. The first-order valence-electron chi connectivity index (χ1n) is 10.3. The van der Waals surface area contributed by atoms with Crippen LogP contribution in [0, 0.1) is 5.82 Å². The lowest BCUT2D eigenvalue weighted by Gasteiger charge is -2.35. The average molecular weight is 542 g/mol. The molecule has 1 aliphatic heterocycles.